The van der Waals surface area contributed by atoms with E-state index in [1.807, 2.05) is 35.2 Å². The maximum Gasteiger partial charge on any atom is 0.241 e. The van der Waals surface area contributed by atoms with Crippen LogP contribution in [0.25, 0.3) is 0 Å². The van der Waals surface area contributed by atoms with Crippen LogP contribution < -0.4 is 10.2 Å². The van der Waals surface area contributed by atoms with Crippen molar-refractivity contribution in [3.63, 3.8) is 0 Å². The number of carbonyl (C=O) groups is 1. The Morgan fingerprint density at radius 2 is 1.87 bits per heavy atom. The molecule has 0 saturated carbocycles. The van der Waals surface area contributed by atoms with Gasteiger partial charge in [0, 0.05) is 17.8 Å². The normalized spacial score (nSPS) is 16.0. The molecule has 1 aliphatic heterocycles. The van der Waals surface area contributed by atoms with Crippen molar-refractivity contribution in [1.82, 2.24) is 10.2 Å². The van der Waals surface area contributed by atoms with Crippen LogP contribution in [0.1, 0.15) is 40.0 Å². The number of piperidine rings is 1. The van der Waals surface area contributed by atoms with Crippen molar-refractivity contribution >= 4 is 11.6 Å². The van der Waals surface area contributed by atoms with Gasteiger partial charge in [0.25, 0.3) is 0 Å². The van der Waals surface area contributed by atoms with Crippen LogP contribution in [0, 0.1) is 0 Å². The van der Waals surface area contributed by atoms with E-state index >= 15 is 0 Å². The molecule has 1 heterocycles. The van der Waals surface area contributed by atoms with Gasteiger partial charge < -0.3 is 10.2 Å². The molecule has 1 aliphatic rings. The lowest BCUT2D eigenvalue weighted by molar-refractivity contribution is -0.120. The van der Waals surface area contributed by atoms with E-state index in [4.69, 9.17) is 0 Å². The molecule has 1 fully saturated rings. The number of amides is 1. The Kier molecular flexibility index (Phi) is 7.06. The summed E-state index contributed by atoms with van der Waals surface area (Å²) in [5.41, 5.74) is 0.995. The molecule has 0 aromatic heterocycles. The van der Waals surface area contributed by atoms with E-state index in [1.165, 1.54) is 0 Å². The average molecular weight is 317 g/mol. The third-order valence-electron chi connectivity index (χ3n) is 4.49. The first-order valence-corrected chi connectivity index (χ1v) is 8.95. The molecule has 2 rings (SSSR count). The SMILES string of the molecule is CCCN(CC(=O)N(c1ccccc1)C(C)C)C1CCNCC1. The average Bonchev–Trinajstić information content (AvgIpc) is 2.56. The Bertz CT molecular complexity index is 469. The summed E-state index contributed by atoms with van der Waals surface area (Å²) in [7, 11) is 0. The molecule has 1 aromatic carbocycles. The number of carbonyl (C=O) groups excluding carboxylic acids is 1. The van der Waals surface area contributed by atoms with Gasteiger partial charge in [0.15, 0.2) is 0 Å². The van der Waals surface area contributed by atoms with Crippen LogP contribution in [0.15, 0.2) is 30.3 Å². The van der Waals surface area contributed by atoms with Crippen molar-refractivity contribution in [3.8, 4) is 0 Å². The zero-order chi connectivity index (χ0) is 16.7. The summed E-state index contributed by atoms with van der Waals surface area (Å²) in [6, 6.07) is 10.7. The Hall–Kier alpha value is -1.39. The maximum absolute atomic E-state index is 13.0. The topological polar surface area (TPSA) is 35.6 Å². The van der Waals surface area contributed by atoms with E-state index in [0.717, 1.165) is 44.6 Å². The Labute approximate surface area is 140 Å². The van der Waals surface area contributed by atoms with Crippen LogP contribution in [0.5, 0.6) is 0 Å². The predicted octanol–water partition coefficient (Wildman–Crippen LogP) is 2.89. The summed E-state index contributed by atoms with van der Waals surface area (Å²) in [6.45, 7) is 10.00. The summed E-state index contributed by atoms with van der Waals surface area (Å²) >= 11 is 0. The Morgan fingerprint density at radius 1 is 1.22 bits per heavy atom. The van der Waals surface area contributed by atoms with Crippen LogP contribution in [0.4, 0.5) is 5.69 Å². The molecule has 128 valence electrons. The molecule has 23 heavy (non-hydrogen) atoms. The molecule has 0 unspecified atom stereocenters. The van der Waals surface area contributed by atoms with Gasteiger partial charge in [0.05, 0.1) is 6.54 Å². The Balaban J connectivity index is 2.08. The zero-order valence-corrected chi connectivity index (χ0v) is 14.8. The molecule has 4 heteroatoms. The lowest BCUT2D eigenvalue weighted by atomic mass is 10.0. The second-order valence-electron chi connectivity index (χ2n) is 6.64. The van der Waals surface area contributed by atoms with Gasteiger partial charge in [-0.15, -0.1) is 0 Å². The molecular formula is C19H31N3O. The van der Waals surface area contributed by atoms with Crippen molar-refractivity contribution in [3.05, 3.63) is 30.3 Å². The third-order valence-corrected chi connectivity index (χ3v) is 4.49. The minimum Gasteiger partial charge on any atom is -0.317 e. The first-order valence-electron chi connectivity index (χ1n) is 8.95. The summed E-state index contributed by atoms with van der Waals surface area (Å²) in [5.74, 6) is 0.207. The van der Waals surface area contributed by atoms with E-state index in [9.17, 15) is 4.79 Å². The molecular weight excluding hydrogens is 286 g/mol. The van der Waals surface area contributed by atoms with E-state index in [-0.39, 0.29) is 11.9 Å². The first-order chi connectivity index (χ1) is 11.1. The molecule has 1 amide bonds. The summed E-state index contributed by atoms with van der Waals surface area (Å²) in [5, 5.41) is 3.41. The van der Waals surface area contributed by atoms with E-state index in [1.54, 1.807) is 0 Å². The maximum atomic E-state index is 13.0. The van der Waals surface area contributed by atoms with Crippen molar-refractivity contribution < 1.29 is 4.79 Å². The highest BCUT2D eigenvalue weighted by Crippen LogP contribution is 2.19. The monoisotopic (exact) mass is 317 g/mol. The lowest BCUT2D eigenvalue weighted by Gasteiger charge is -2.36. The van der Waals surface area contributed by atoms with Gasteiger partial charge in [-0.1, -0.05) is 25.1 Å². The zero-order valence-electron chi connectivity index (χ0n) is 14.8. The second-order valence-corrected chi connectivity index (χ2v) is 6.64. The highest BCUT2D eigenvalue weighted by atomic mass is 16.2. The number of nitrogens with one attached hydrogen (secondary N) is 1. The molecule has 0 aliphatic carbocycles. The van der Waals surface area contributed by atoms with Crippen molar-refractivity contribution in [2.45, 2.75) is 52.1 Å². The van der Waals surface area contributed by atoms with Gasteiger partial charge in [-0.25, -0.2) is 0 Å². The lowest BCUT2D eigenvalue weighted by Crippen LogP contribution is -2.49. The summed E-state index contributed by atoms with van der Waals surface area (Å²) in [6.07, 6.45) is 3.37. The van der Waals surface area contributed by atoms with E-state index in [2.05, 4.69) is 31.0 Å². The minimum atomic E-state index is 0.168. The predicted molar refractivity (Wildman–Crippen MR) is 96.8 cm³/mol. The molecule has 1 N–H and O–H groups in total. The Morgan fingerprint density at radius 3 is 2.43 bits per heavy atom. The molecule has 0 radical (unpaired) electrons. The minimum absolute atomic E-state index is 0.168. The number of benzene rings is 1. The van der Waals surface area contributed by atoms with Crippen LogP contribution in [0.3, 0.4) is 0 Å². The molecule has 1 saturated heterocycles. The number of para-hydroxylation sites is 1. The third kappa shape index (κ3) is 5.05. The number of hydrogen-bond acceptors (Lipinski definition) is 3. The fourth-order valence-electron chi connectivity index (χ4n) is 3.42. The fourth-order valence-corrected chi connectivity index (χ4v) is 3.42. The molecule has 0 atom stereocenters. The van der Waals surface area contributed by atoms with Gasteiger partial charge in [-0.3, -0.25) is 9.69 Å². The highest BCUT2D eigenvalue weighted by molar-refractivity contribution is 5.95. The first kappa shape index (κ1) is 18.0. The largest absolute Gasteiger partial charge is 0.317 e. The molecule has 4 nitrogen and oxygen atoms in total. The van der Waals surface area contributed by atoms with E-state index < -0.39 is 0 Å². The number of rotatable bonds is 7. The van der Waals surface area contributed by atoms with Crippen LogP contribution in [-0.2, 0) is 4.79 Å². The van der Waals surface area contributed by atoms with Crippen molar-refractivity contribution in [1.29, 1.82) is 0 Å². The van der Waals surface area contributed by atoms with Crippen LogP contribution >= 0.6 is 0 Å². The quantitative estimate of drug-likeness (QED) is 0.840. The van der Waals surface area contributed by atoms with Gasteiger partial charge in [0.1, 0.15) is 0 Å². The number of anilines is 1. The fraction of sp³-hybridized carbons (Fsp3) is 0.632. The van der Waals surface area contributed by atoms with E-state index in [0.29, 0.717) is 12.6 Å². The highest BCUT2D eigenvalue weighted by Gasteiger charge is 2.26. The molecule has 0 bridgehead atoms. The smallest absolute Gasteiger partial charge is 0.241 e. The van der Waals surface area contributed by atoms with Gasteiger partial charge in [0.2, 0.25) is 5.91 Å². The molecule has 0 spiro atoms. The van der Waals surface area contributed by atoms with Gasteiger partial charge >= 0.3 is 0 Å². The summed E-state index contributed by atoms with van der Waals surface area (Å²) < 4.78 is 0. The second kappa shape index (κ2) is 9.04. The van der Waals surface area contributed by atoms with Gasteiger partial charge in [-0.05, 0) is 64.9 Å². The van der Waals surface area contributed by atoms with Crippen molar-refractivity contribution in [2.75, 3.05) is 31.1 Å². The number of hydrogen-bond donors (Lipinski definition) is 1. The molecule has 1 aromatic rings. The van der Waals surface area contributed by atoms with Crippen LogP contribution in [0.2, 0.25) is 0 Å². The van der Waals surface area contributed by atoms with Gasteiger partial charge in [-0.2, -0.15) is 0 Å². The summed E-state index contributed by atoms with van der Waals surface area (Å²) in [4.78, 5) is 17.3. The van der Waals surface area contributed by atoms with Crippen molar-refractivity contribution in [2.24, 2.45) is 0 Å². The van der Waals surface area contributed by atoms with Crippen LogP contribution in [-0.4, -0.2) is 49.1 Å². The number of nitrogens with zero attached hydrogens (tertiary/aromatic N) is 2. The standard InChI is InChI=1S/C19H31N3O/c1-4-14-21(17-10-12-20-13-11-17)15-19(23)22(16(2)3)18-8-6-5-7-9-18/h5-9,16-17,20H,4,10-15H2,1-3H3.